The summed E-state index contributed by atoms with van der Waals surface area (Å²) in [6.07, 6.45) is 1.58. The summed E-state index contributed by atoms with van der Waals surface area (Å²) in [4.78, 5) is 13.4. The summed E-state index contributed by atoms with van der Waals surface area (Å²) in [7, 11) is 2.74. The van der Waals surface area contributed by atoms with E-state index in [9.17, 15) is 4.79 Å². The molecule has 26 heavy (non-hydrogen) atoms. The molecule has 0 aliphatic rings. The second-order valence-corrected chi connectivity index (χ2v) is 11.1. The van der Waals surface area contributed by atoms with Crippen LogP contribution in [0.5, 0.6) is 0 Å². The van der Waals surface area contributed by atoms with E-state index in [4.69, 9.17) is 0 Å². The van der Waals surface area contributed by atoms with Crippen molar-refractivity contribution >= 4 is 33.9 Å². The Morgan fingerprint density at radius 2 is 1.31 bits per heavy atom. The molecule has 1 aromatic rings. The first-order valence-corrected chi connectivity index (χ1v) is 10.1. The Balaban J connectivity index is 0.00000625. The van der Waals surface area contributed by atoms with Gasteiger partial charge in [0, 0.05) is 11.2 Å². The van der Waals surface area contributed by atoms with Gasteiger partial charge in [-0.3, -0.25) is 4.79 Å². The van der Waals surface area contributed by atoms with Crippen LogP contribution in [-0.4, -0.2) is 30.3 Å². The fourth-order valence-corrected chi connectivity index (χ4v) is 3.46. The number of benzene rings is 1. The number of rotatable bonds is 4. The zero-order valence-corrected chi connectivity index (χ0v) is 19.0. The summed E-state index contributed by atoms with van der Waals surface area (Å²) in [5, 5.41) is 0. The van der Waals surface area contributed by atoms with Gasteiger partial charge in [-0.15, -0.1) is 9.24 Å². The van der Waals surface area contributed by atoms with Crippen LogP contribution >= 0.6 is 9.24 Å². The van der Waals surface area contributed by atoms with Crippen LogP contribution < -0.4 is 0 Å². The number of carbonyl (C=O) groups excluding carboxylic acids is 1. The number of hydrogen-bond donors (Lipinski definition) is 0. The summed E-state index contributed by atoms with van der Waals surface area (Å²) >= 11 is 0. The van der Waals surface area contributed by atoms with E-state index in [0.29, 0.717) is 0 Å². The van der Waals surface area contributed by atoms with E-state index in [2.05, 4.69) is 90.6 Å². The summed E-state index contributed by atoms with van der Waals surface area (Å²) in [6, 6.07) is 4.54. The van der Waals surface area contributed by atoms with Gasteiger partial charge in [0.2, 0.25) is 0 Å². The molecule has 0 amide bonds. The van der Waals surface area contributed by atoms with Crippen LogP contribution in [0, 0.1) is 6.92 Å². The second kappa shape index (κ2) is 8.95. The van der Waals surface area contributed by atoms with E-state index in [1.54, 1.807) is 0 Å². The van der Waals surface area contributed by atoms with Gasteiger partial charge in [-0.05, 0) is 39.4 Å². The van der Waals surface area contributed by atoms with Gasteiger partial charge < -0.3 is 0 Å². The van der Waals surface area contributed by atoms with Gasteiger partial charge in [0.25, 0.3) is 0 Å². The molecule has 143 valence electrons. The van der Waals surface area contributed by atoms with E-state index in [-0.39, 0.29) is 46.5 Å². The first-order chi connectivity index (χ1) is 11.1. The van der Waals surface area contributed by atoms with Crippen LogP contribution in [0.4, 0.5) is 0 Å². The van der Waals surface area contributed by atoms with Crippen LogP contribution in [0.2, 0.25) is 0 Å². The summed E-state index contributed by atoms with van der Waals surface area (Å²) in [6.45, 7) is 23.9. The van der Waals surface area contributed by atoms with Gasteiger partial charge in [-0.25, -0.2) is 0 Å². The summed E-state index contributed by atoms with van der Waals surface area (Å²) < 4.78 is 0. The normalized spacial score (nSPS) is 14.0. The summed E-state index contributed by atoms with van der Waals surface area (Å²) in [5.74, 6) is 0.240. The molecule has 0 N–H and O–H groups in total. The van der Waals surface area contributed by atoms with Crippen molar-refractivity contribution in [2.24, 2.45) is 0 Å². The van der Waals surface area contributed by atoms with E-state index in [1.807, 2.05) is 0 Å². The number of hydrogen-bond acceptors (Lipinski definition) is 1. The molecule has 0 aliphatic carbocycles. The molecule has 3 heteroatoms. The van der Waals surface area contributed by atoms with E-state index < -0.39 is 0 Å². The summed E-state index contributed by atoms with van der Waals surface area (Å²) in [5.41, 5.74) is 4.40. The standard InChI is InChI=1S/C23H38OP.Li.H/c1-11-12-18(25)20(24)19-16(22(5,6)7)13-15(21(2,3)4)14-17(19)23(8,9)10;;/h13-14,18H,1,11-12,25H2,2-10H3;;. The van der Waals surface area contributed by atoms with Gasteiger partial charge in [-0.1, -0.05) is 87.8 Å². The fraction of sp³-hybridized carbons (Fsp3) is 0.652. The van der Waals surface area contributed by atoms with Crippen LogP contribution in [0.25, 0.3) is 0 Å². The Hall–Kier alpha value is -0.0826. The predicted molar refractivity (Wildman–Crippen MR) is 122 cm³/mol. The zero-order chi connectivity index (χ0) is 19.8. The third-order valence-corrected chi connectivity index (χ3v) is 5.35. The van der Waals surface area contributed by atoms with Crippen molar-refractivity contribution in [3.63, 3.8) is 0 Å². The predicted octanol–water partition coefficient (Wildman–Crippen LogP) is 5.97. The molecule has 0 saturated carbocycles. The van der Waals surface area contributed by atoms with Gasteiger partial charge >= 0.3 is 18.9 Å². The quantitative estimate of drug-likeness (QED) is 0.363. The van der Waals surface area contributed by atoms with Gasteiger partial charge in [-0.2, -0.15) is 0 Å². The Morgan fingerprint density at radius 1 is 0.923 bits per heavy atom. The SMILES string of the molecule is [CH2]CCC(P)C(=O)c1c(C(C)(C)C)cc(C(C)(C)C)cc1C(C)(C)C.[LiH]. The molecular formula is C23H39LiOP. The van der Waals surface area contributed by atoms with Crippen LogP contribution in [0.1, 0.15) is 102 Å². The van der Waals surface area contributed by atoms with Gasteiger partial charge in [0.05, 0.1) is 0 Å². The molecule has 0 saturated heterocycles. The fourth-order valence-electron chi connectivity index (χ4n) is 3.06. The molecule has 0 fully saturated rings. The first kappa shape index (κ1) is 25.9. The number of carbonyl (C=O) groups is 1. The van der Waals surface area contributed by atoms with Crippen molar-refractivity contribution in [1.29, 1.82) is 0 Å². The van der Waals surface area contributed by atoms with Crippen molar-refractivity contribution in [3.05, 3.63) is 41.3 Å². The molecule has 0 aliphatic heterocycles. The van der Waals surface area contributed by atoms with E-state index in [1.165, 1.54) is 16.7 Å². The van der Waals surface area contributed by atoms with Gasteiger partial charge in [0.15, 0.2) is 5.78 Å². The molecule has 1 aromatic carbocycles. The third-order valence-electron chi connectivity index (χ3n) is 4.72. The van der Waals surface area contributed by atoms with Crippen LogP contribution in [0.15, 0.2) is 12.1 Å². The van der Waals surface area contributed by atoms with E-state index in [0.717, 1.165) is 18.4 Å². The van der Waals surface area contributed by atoms with Gasteiger partial charge in [0.1, 0.15) is 0 Å². The average Bonchev–Trinajstić information content (AvgIpc) is 2.42. The molecule has 1 radical (unpaired) electrons. The number of ketones is 1. The molecule has 2 unspecified atom stereocenters. The van der Waals surface area contributed by atoms with Crippen LogP contribution in [-0.2, 0) is 16.2 Å². The molecule has 0 aromatic heterocycles. The Bertz CT molecular complexity index is 592. The molecule has 2 atom stereocenters. The Morgan fingerprint density at radius 3 is 1.58 bits per heavy atom. The van der Waals surface area contributed by atoms with Crippen molar-refractivity contribution in [2.75, 3.05) is 0 Å². The van der Waals surface area contributed by atoms with Crippen molar-refractivity contribution < 1.29 is 4.79 Å². The molecular weight excluding hydrogens is 330 g/mol. The maximum absolute atomic E-state index is 13.4. The molecule has 1 nitrogen and oxygen atoms in total. The minimum atomic E-state index is -0.0822. The molecule has 0 bridgehead atoms. The monoisotopic (exact) mass is 369 g/mol. The molecule has 0 heterocycles. The minimum absolute atomic E-state index is 0. The van der Waals surface area contributed by atoms with E-state index >= 15 is 0 Å². The molecule has 1 rings (SSSR count). The Labute approximate surface area is 176 Å². The van der Waals surface area contributed by atoms with Crippen molar-refractivity contribution in [3.8, 4) is 0 Å². The van der Waals surface area contributed by atoms with Crippen molar-refractivity contribution in [1.82, 2.24) is 0 Å². The van der Waals surface area contributed by atoms with Crippen LogP contribution in [0.3, 0.4) is 0 Å². The average molecular weight is 369 g/mol. The molecule has 0 spiro atoms. The zero-order valence-electron chi connectivity index (χ0n) is 17.8. The third kappa shape index (κ3) is 6.23. The second-order valence-electron chi connectivity index (χ2n) is 10.3. The number of Topliss-reactive ketones (excluding diaryl/α,β-unsaturated/α-hetero) is 1. The first-order valence-electron chi connectivity index (χ1n) is 9.39. The Kier molecular flexibility index (Phi) is 8.92. The van der Waals surface area contributed by atoms with Crippen molar-refractivity contribution in [2.45, 2.75) is 97.1 Å². The topological polar surface area (TPSA) is 17.1 Å². The maximum atomic E-state index is 13.4.